The van der Waals surface area contributed by atoms with E-state index in [1.165, 1.54) is 12.1 Å². The standard InChI is InChI=1S/C15H19F2N3/c1-4-5-6-18-15-19-11(3)9-20(15)14-8-12(16)10(2)7-13(14)17/h7-9H,4-6H2,1-3H3,(H,18,19). The number of hydrogen-bond donors (Lipinski definition) is 1. The van der Waals surface area contributed by atoms with Gasteiger partial charge in [0.2, 0.25) is 5.95 Å². The zero-order valence-corrected chi connectivity index (χ0v) is 12.0. The molecule has 2 aromatic rings. The average Bonchev–Trinajstić information content (AvgIpc) is 2.75. The van der Waals surface area contributed by atoms with Gasteiger partial charge in [0, 0.05) is 18.8 Å². The number of nitrogens with one attached hydrogen (secondary N) is 1. The van der Waals surface area contributed by atoms with Crippen molar-refractivity contribution in [1.29, 1.82) is 0 Å². The summed E-state index contributed by atoms with van der Waals surface area (Å²) in [5, 5.41) is 3.16. The van der Waals surface area contributed by atoms with Gasteiger partial charge >= 0.3 is 0 Å². The highest BCUT2D eigenvalue weighted by atomic mass is 19.1. The SMILES string of the molecule is CCCCNc1nc(C)cn1-c1cc(F)c(C)cc1F. The first-order valence-corrected chi connectivity index (χ1v) is 6.78. The van der Waals surface area contributed by atoms with Gasteiger partial charge in [0.25, 0.3) is 0 Å². The van der Waals surface area contributed by atoms with Crippen molar-refractivity contribution in [2.75, 3.05) is 11.9 Å². The molecule has 20 heavy (non-hydrogen) atoms. The van der Waals surface area contributed by atoms with Crippen LogP contribution < -0.4 is 5.32 Å². The number of hydrogen-bond acceptors (Lipinski definition) is 2. The van der Waals surface area contributed by atoms with Crippen molar-refractivity contribution < 1.29 is 8.78 Å². The molecule has 0 amide bonds. The van der Waals surface area contributed by atoms with Crippen LogP contribution in [-0.2, 0) is 0 Å². The second-order valence-electron chi connectivity index (χ2n) is 4.91. The van der Waals surface area contributed by atoms with Gasteiger partial charge in [0.15, 0.2) is 0 Å². The molecule has 5 heteroatoms. The molecule has 0 unspecified atom stereocenters. The van der Waals surface area contributed by atoms with Crippen molar-refractivity contribution in [2.45, 2.75) is 33.6 Å². The van der Waals surface area contributed by atoms with Gasteiger partial charge in [-0.15, -0.1) is 0 Å². The molecular weight excluding hydrogens is 260 g/mol. The number of nitrogens with zero attached hydrogens (tertiary/aromatic N) is 2. The molecule has 1 aromatic carbocycles. The normalized spacial score (nSPS) is 10.8. The highest BCUT2D eigenvalue weighted by Crippen LogP contribution is 2.22. The number of imidazole rings is 1. The fourth-order valence-electron chi connectivity index (χ4n) is 2.00. The van der Waals surface area contributed by atoms with Gasteiger partial charge in [-0.3, -0.25) is 4.57 Å². The van der Waals surface area contributed by atoms with Gasteiger partial charge in [-0.25, -0.2) is 13.8 Å². The van der Waals surface area contributed by atoms with E-state index in [0.29, 0.717) is 11.5 Å². The summed E-state index contributed by atoms with van der Waals surface area (Å²) >= 11 is 0. The summed E-state index contributed by atoms with van der Waals surface area (Å²) in [4.78, 5) is 4.31. The number of benzene rings is 1. The lowest BCUT2D eigenvalue weighted by Crippen LogP contribution is -2.08. The van der Waals surface area contributed by atoms with Gasteiger partial charge in [-0.2, -0.15) is 0 Å². The predicted molar refractivity (Wildman–Crippen MR) is 76.4 cm³/mol. The van der Waals surface area contributed by atoms with Gasteiger partial charge < -0.3 is 5.32 Å². The summed E-state index contributed by atoms with van der Waals surface area (Å²) in [5.74, 6) is -0.342. The first-order chi connectivity index (χ1) is 9.52. The lowest BCUT2D eigenvalue weighted by molar-refractivity contribution is 0.585. The van der Waals surface area contributed by atoms with Crippen LogP contribution in [0.4, 0.5) is 14.7 Å². The molecule has 3 nitrogen and oxygen atoms in total. The monoisotopic (exact) mass is 279 g/mol. The fraction of sp³-hybridized carbons (Fsp3) is 0.400. The summed E-state index contributed by atoms with van der Waals surface area (Å²) in [6, 6.07) is 2.41. The van der Waals surface area contributed by atoms with E-state index in [1.807, 2.05) is 6.92 Å². The number of aryl methyl sites for hydroxylation is 2. The molecule has 0 aliphatic heterocycles. The molecular formula is C15H19F2N3. The fourth-order valence-corrected chi connectivity index (χ4v) is 2.00. The van der Waals surface area contributed by atoms with Crippen molar-refractivity contribution in [3.63, 3.8) is 0 Å². The maximum atomic E-state index is 14.1. The van der Waals surface area contributed by atoms with Crippen molar-refractivity contribution in [2.24, 2.45) is 0 Å². The largest absolute Gasteiger partial charge is 0.355 e. The Morgan fingerprint density at radius 2 is 1.95 bits per heavy atom. The first kappa shape index (κ1) is 14.5. The molecule has 0 spiro atoms. The maximum absolute atomic E-state index is 14.1. The lowest BCUT2D eigenvalue weighted by atomic mass is 10.2. The summed E-state index contributed by atoms with van der Waals surface area (Å²) < 4.78 is 29.3. The zero-order chi connectivity index (χ0) is 14.7. The van der Waals surface area contributed by atoms with Crippen molar-refractivity contribution in [3.05, 3.63) is 41.2 Å². The van der Waals surface area contributed by atoms with Crippen molar-refractivity contribution >= 4 is 5.95 Å². The number of anilines is 1. The third kappa shape index (κ3) is 2.98. The third-order valence-electron chi connectivity index (χ3n) is 3.13. The van der Waals surface area contributed by atoms with Crippen molar-refractivity contribution in [3.8, 4) is 5.69 Å². The molecule has 0 atom stereocenters. The molecule has 1 N–H and O–H groups in total. The minimum absolute atomic E-state index is 0.174. The highest BCUT2D eigenvalue weighted by molar-refractivity contribution is 5.45. The second kappa shape index (κ2) is 6.03. The van der Waals surface area contributed by atoms with Gasteiger partial charge in [-0.1, -0.05) is 13.3 Å². The summed E-state index contributed by atoms with van der Waals surface area (Å²) in [6.45, 7) is 6.21. The Labute approximate surface area is 117 Å². The number of rotatable bonds is 5. The van der Waals surface area contributed by atoms with Crippen LogP contribution in [-0.4, -0.2) is 16.1 Å². The lowest BCUT2D eigenvalue weighted by Gasteiger charge is -2.11. The van der Waals surface area contributed by atoms with E-state index in [9.17, 15) is 8.78 Å². The van der Waals surface area contributed by atoms with E-state index in [2.05, 4.69) is 17.2 Å². The number of halogens is 2. The molecule has 0 bridgehead atoms. The Hall–Kier alpha value is -1.91. The van der Waals surface area contributed by atoms with E-state index in [1.54, 1.807) is 17.7 Å². The van der Waals surface area contributed by atoms with Crippen LogP contribution in [0.5, 0.6) is 0 Å². The molecule has 0 aliphatic carbocycles. The Bertz CT molecular complexity index is 605. The molecule has 1 heterocycles. The summed E-state index contributed by atoms with van der Waals surface area (Å²) in [6.07, 6.45) is 3.75. The predicted octanol–water partition coefficient (Wildman–Crippen LogP) is 3.98. The van der Waals surface area contributed by atoms with Crippen LogP contribution in [0.3, 0.4) is 0 Å². The second-order valence-corrected chi connectivity index (χ2v) is 4.91. The third-order valence-corrected chi connectivity index (χ3v) is 3.13. The molecule has 0 fully saturated rings. The molecule has 1 aromatic heterocycles. The van der Waals surface area contributed by atoms with Crippen LogP contribution in [0.25, 0.3) is 5.69 Å². The minimum atomic E-state index is -0.458. The van der Waals surface area contributed by atoms with Crippen molar-refractivity contribution in [1.82, 2.24) is 9.55 Å². The van der Waals surface area contributed by atoms with Crippen LogP contribution in [0.1, 0.15) is 31.0 Å². The molecule has 0 saturated carbocycles. The highest BCUT2D eigenvalue weighted by Gasteiger charge is 2.13. The number of aromatic nitrogens is 2. The van der Waals surface area contributed by atoms with E-state index in [4.69, 9.17) is 0 Å². The summed E-state index contributed by atoms with van der Waals surface area (Å²) in [5.41, 5.74) is 1.22. The Kier molecular flexibility index (Phi) is 4.37. The minimum Gasteiger partial charge on any atom is -0.355 e. The van der Waals surface area contributed by atoms with E-state index in [0.717, 1.165) is 25.1 Å². The van der Waals surface area contributed by atoms with Crippen LogP contribution in [0, 0.1) is 25.5 Å². The van der Waals surface area contributed by atoms with Crippen LogP contribution in [0.15, 0.2) is 18.3 Å². The smallest absolute Gasteiger partial charge is 0.207 e. The van der Waals surface area contributed by atoms with Gasteiger partial charge in [0.1, 0.15) is 11.6 Å². The quantitative estimate of drug-likeness (QED) is 0.839. The van der Waals surface area contributed by atoms with E-state index < -0.39 is 11.6 Å². The average molecular weight is 279 g/mol. The van der Waals surface area contributed by atoms with Crippen LogP contribution >= 0.6 is 0 Å². The van der Waals surface area contributed by atoms with E-state index >= 15 is 0 Å². The zero-order valence-electron chi connectivity index (χ0n) is 12.0. The van der Waals surface area contributed by atoms with Gasteiger partial charge in [0.05, 0.1) is 11.4 Å². The van der Waals surface area contributed by atoms with E-state index in [-0.39, 0.29) is 5.69 Å². The van der Waals surface area contributed by atoms with Gasteiger partial charge in [-0.05, 0) is 31.9 Å². The number of unbranched alkanes of at least 4 members (excludes halogenated alkanes) is 1. The Morgan fingerprint density at radius 1 is 1.20 bits per heavy atom. The summed E-state index contributed by atoms with van der Waals surface area (Å²) in [7, 11) is 0. The Morgan fingerprint density at radius 3 is 2.65 bits per heavy atom. The Balaban J connectivity index is 2.39. The first-order valence-electron chi connectivity index (χ1n) is 6.78. The molecule has 0 aliphatic rings. The molecule has 2 rings (SSSR count). The molecule has 0 radical (unpaired) electrons. The maximum Gasteiger partial charge on any atom is 0.207 e. The molecule has 0 saturated heterocycles. The topological polar surface area (TPSA) is 29.9 Å². The molecule has 108 valence electrons. The van der Waals surface area contributed by atoms with Crippen LogP contribution in [0.2, 0.25) is 0 Å².